The number of aromatic nitrogens is 2. The van der Waals surface area contributed by atoms with Crippen LogP contribution in [0.3, 0.4) is 0 Å². The first-order valence-corrected chi connectivity index (χ1v) is 12.8. The topological polar surface area (TPSA) is 111 Å². The predicted molar refractivity (Wildman–Crippen MR) is 137 cm³/mol. The number of alkyl halides is 3. The van der Waals surface area contributed by atoms with Gasteiger partial charge in [0.2, 0.25) is 0 Å². The number of benzene rings is 1. The maximum absolute atomic E-state index is 13.2. The lowest BCUT2D eigenvalue weighted by Gasteiger charge is -2.32. The highest BCUT2D eigenvalue weighted by atomic mass is 32.1. The molecule has 0 aliphatic carbocycles. The molecular formula is C26H28F3N3O6S. The average molecular weight is 568 g/mol. The fourth-order valence-electron chi connectivity index (χ4n) is 4.41. The number of hydrogen-bond acceptors (Lipinski definition) is 8. The van der Waals surface area contributed by atoms with Gasteiger partial charge < -0.3 is 19.3 Å². The molecule has 13 heteroatoms. The van der Waals surface area contributed by atoms with Crippen LogP contribution >= 0.6 is 11.3 Å². The summed E-state index contributed by atoms with van der Waals surface area (Å²) in [5, 5.41) is 11.5. The molecule has 1 N–H and O–H groups in total. The van der Waals surface area contributed by atoms with Gasteiger partial charge in [0.25, 0.3) is 0 Å². The largest absolute Gasteiger partial charge is 0.496 e. The maximum Gasteiger partial charge on any atom is 0.434 e. The molecule has 1 aliphatic heterocycles. The molecule has 0 unspecified atom stereocenters. The van der Waals surface area contributed by atoms with Crippen molar-refractivity contribution in [2.24, 2.45) is 0 Å². The molecule has 4 rings (SSSR count). The summed E-state index contributed by atoms with van der Waals surface area (Å²) in [6, 6.07) is 4.88. The van der Waals surface area contributed by atoms with E-state index in [1.165, 1.54) is 20.1 Å². The number of aryl methyl sites for hydroxylation is 1. The third-order valence-electron chi connectivity index (χ3n) is 6.36. The first-order valence-electron chi connectivity index (χ1n) is 12.0. The van der Waals surface area contributed by atoms with E-state index < -0.39 is 41.2 Å². The summed E-state index contributed by atoms with van der Waals surface area (Å²) >= 11 is 0.791. The number of likely N-dealkylation sites (tertiary alicyclic amines) is 1. The highest BCUT2D eigenvalue weighted by Gasteiger charge is 2.52. The van der Waals surface area contributed by atoms with Crippen molar-refractivity contribution in [3.8, 4) is 22.2 Å². The van der Waals surface area contributed by atoms with Gasteiger partial charge in [0.05, 0.1) is 19.2 Å². The average Bonchev–Trinajstić information content (AvgIpc) is 3.44. The van der Waals surface area contributed by atoms with Crippen LogP contribution in [0.25, 0.3) is 21.6 Å². The number of hydrogen-bond donors (Lipinski definition) is 1. The van der Waals surface area contributed by atoms with E-state index in [9.17, 15) is 27.9 Å². The second-order valence-electron chi connectivity index (χ2n) is 10.4. The number of carbonyl (C=O) groups excluding carboxylic acids is 1. The van der Waals surface area contributed by atoms with Crippen LogP contribution in [0.15, 0.2) is 23.6 Å². The highest BCUT2D eigenvalue weighted by molar-refractivity contribution is 7.13. The zero-order valence-corrected chi connectivity index (χ0v) is 23.0. The summed E-state index contributed by atoms with van der Waals surface area (Å²) in [5.74, 6) is -0.445. The van der Waals surface area contributed by atoms with Crippen molar-refractivity contribution >= 4 is 34.3 Å². The Balaban J connectivity index is 1.77. The van der Waals surface area contributed by atoms with Crippen molar-refractivity contribution in [1.29, 1.82) is 0 Å². The van der Waals surface area contributed by atoms with Crippen molar-refractivity contribution in [2.75, 3.05) is 13.7 Å². The number of carboxylic acid groups (broad SMARTS) is 1. The molecule has 39 heavy (non-hydrogen) atoms. The molecule has 0 spiro atoms. The first kappa shape index (κ1) is 28.4. The van der Waals surface area contributed by atoms with Gasteiger partial charge in [-0.25, -0.2) is 19.6 Å². The zero-order chi connectivity index (χ0) is 28.9. The number of halogens is 3. The molecule has 1 aliphatic rings. The van der Waals surface area contributed by atoms with Crippen LogP contribution < -0.4 is 9.47 Å². The Morgan fingerprint density at radius 3 is 2.44 bits per heavy atom. The molecule has 2 atom stereocenters. The minimum Gasteiger partial charge on any atom is -0.496 e. The normalized spacial score (nSPS) is 19.8. The number of thiazole rings is 1. The van der Waals surface area contributed by atoms with Crippen LogP contribution in [0, 0.1) is 6.92 Å². The second-order valence-corrected chi connectivity index (χ2v) is 11.3. The van der Waals surface area contributed by atoms with Gasteiger partial charge in [-0.3, -0.25) is 4.90 Å². The van der Waals surface area contributed by atoms with Crippen LogP contribution in [0.2, 0.25) is 0 Å². The lowest BCUT2D eigenvalue weighted by Crippen LogP contribution is -2.52. The number of fused-ring (bicyclic) bond motifs is 1. The van der Waals surface area contributed by atoms with Gasteiger partial charge in [-0.05, 0) is 46.8 Å². The molecule has 1 saturated heterocycles. The third-order valence-corrected chi connectivity index (χ3v) is 7.22. The molecule has 2 aromatic heterocycles. The summed E-state index contributed by atoms with van der Waals surface area (Å²) in [4.78, 5) is 34.5. The number of carboxylic acids is 1. The molecule has 0 radical (unpaired) electrons. The standard InChI is InChI=1S/C26H28F3N3O6S/c1-13-17(36-6)8-7-15-18(9-16(30-20(13)15)21-31-19(12-39-21)26(27,28)29)37-14-10-25(5,22(33)34)32(11-14)23(35)38-24(2,3)4/h7-9,12,14H,10-11H2,1-6H3,(H,33,34)/t14-,25-/m0/s1. The van der Waals surface area contributed by atoms with E-state index in [-0.39, 0.29) is 29.4 Å². The molecule has 0 saturated carbocycles. The fourth-order valence-corrected chi connectivity index (χ4v) is 5.19. The third kappa shape index (κ3) is 5.58. The number of ether oxygens (including phenoxy) is 3. The number of nitrogens with zero attached hydrogens (tertiary/aromatic N) is 3. The SMILES string of the molecule is COc1ccc2c(O[C@@H]3CN(C(=O)OC(C)(C)C)[C@](C)(C(=O)O)C3)cc(-c3nc(C(F)(F)F)cs3)nc2c1C. The Bertz CT molecular complexity index is 1430. The van der Waals surface area contributed by atoms with Crippen molar-refractivity contribution in [1.82, 2.24) is 14.9 Å². The first-order chi connectivity index (χ1) is 18.0. The van der Waals surface area contributed by atoms with Gasteiger partial charge in [-0.2, -0.15) is 13.2 Å². The number of aliphatic carboxylic acids is 1. The van der Waals surface area contributed by atoms with Gasteiger partial charge in [-0.15, -0.1) is 11.3 Å². The smallest absolute Gasteiger partial charge is 0.434 e. The Kier molecular flexibility index (Phi) is 7.17. The summed E-state index contributed by atoms with van der Waals surface area (Å²) in [7, 11) is 1.49. The van der Waals surface area contributed by atoms with Crippen LogP contribution in [0.5, 0.6) is 11.5 Å². The number of rotatable bonds is 5. The predicted octanol–water partition coefficient (Wildman–Crippen LogP) is 5.93. The molecule has 3 heterocycles. The molecule has 1 fully saturated rings. The van der Waals surface area contributed by atoms with Crippen molar-refractivity contribution < 1.29 is 42.1 Å². The fraction of sp³-hybridized carbons (Fsp3) is 0.462. The van der Waals surface area contributed by atoms with Crippen molar-refractivity contribution in [2.45, 2.75) is 64.5 Å². The van der Waals surface area contributed by atoms with Crippen molar-refractivity contribution in [3.63, 3.8) is 0 Å². The molecule has 3 aromatic rings. The van der Waals surface area contributed by atoms with Crippen molar-refractivity contribution in [3.05, 3.63) is 34.8 Å². The van der Waals surface area contributed by atoms with Gasteiger partial charge in [0.1, 0.15) is 39.4 Å². The maximum atomic E-state index is 13.2. The summed E-state index contributed by atoms with van der Waals surface area (Å²) in [6.45, 7) is 8.13. The molecule has 1 amide bonds. The van der Waals surface area contributed by atoms with E-state index in [0.29, 0.717) is 22.2 Å². The minimum atomic E-state index is -4.61. The summed E-state index contributed by atoms with van der Waals surface area (Å²) < 4.78 is 56.7. The number of pyridine rings is 1. The molecule has 1 aromatic carbocycles. The van der Waals surface area contributed by atoms with Crippen LogP contribution in [-0.4, -0.2) is 62.9 Å². The van der Waals surface area contributed by atoms with Crippen LogP contribution in [0.1, 0.15) is 45.4 Å². The molecule has 210 valence electrons. The molecular weight excluding hydrogens is 539 g/mol. The van der Waals surface area contributed by atoms with E-state index in [0.717, 1.165) is 21.6 Å². The van der Waals surface area contributed by atoms with E-state index in [1.54, 1.807) is 39.8 Å². The number of amides is 1. The second kappa shape index (κ2) is 9.85. The van der Waals surface area contributed by atoms with Crippen LogP contribution in [-0.2, 0) is 15.7 Å². The Hall–Kier alpha value is -3.61. The van der Waals surface area contributed by atoms with E-state index in [1.807, 2.05) is 0 Å². The number of carbonyl (C=O) groups is 2. The monoisotopic (exact) mass is 567 g/mol. The zero-order valence-electron chi connectivity index (χ0n) is 22.2. The molecule has 0 bridgehead atoms. The van der Waals surface area contributed by atoms with Crippen LogP contribution in [0.4, 0.5) is 18.0 Å². The quantitative estimate of drug-likeness (QED) is 0.404. The van der Waals surface area contributed by atoms with Gasteiger partial charge in [0, 0.05) is 28.8 Å². The Labute approximate surface area is 226 Å². The summed E-state index contributed by atoms with van der Waals surface area (Å²) in [5.41, 5.74) is -2.27. The van der Waals surface area contributed by atoms with Gasteiger partial charge in [0.15, 0.2) is 5.69 Å². The lowest BCUT2D eigenvalue weighted by molar-refractivity contribution is -0.148. The molecule has 9 nitrogen and oxygen atoms in total. The highest BCUT2D eigenvalue weighted by Crippen LogP contribution is 2.40. The minimum absolute atomic E-state index is 0.0356. The Morgan fingerprint density at radius 1 is 1.18 bits per heavy atom. The number of methoxy groups -OCH3 is 1. The van der Waals surface area contributed by atoms with E-state index >= 15 is 0 Å². The van der Waals surface area contributed by atoms with Gasteiger partial charge >= 0.3 is 18.2 Å². The van der Waals surface area contributed by atoms with Gasteiger partial charge in [-0.1, -0.05) is 0 Å². The summed E-state index contributed by atoms with van der Waals surface area (Å²) in [6.07, 6.45) is -6.21. The Morgan fingerprint density at radius 2 is 1.87 bits per heavy atom. The van der Waals surface area contributed by atoms with E-state index in [2.05, 4.69) is 9.97 Å². The lowest BCUT2D eigenvalue weighted by atomic mass is 9.98. The van der Waals surface area contributed by atoms with E-state index in [4.69, 9.17) is 14.2 Å².